The van der Waals surface area contributed by atoms with E-state index < -0.39 is 10.0 Å². The second kappa shape index (κ2) is 7.99. The molecule has 1 aliphatic rings. The molecule has 25 heavy (non-hydrogen) atoms. The predicted molar refractivity (Wildman–Crippen MR) is 98.2 cm³/mol. The minimum absolute atomic E-state index is 0.0443. The summed E-state index contributed by atoms with van der Waals surface area (Å²) in [7, 11) is -1.88. The maximum Gasteiger partial charge on any atom is 0.240 e. The van der Waals surface area contributed by atoms with Crippen LogP contribution in [0, 0.1) is 0 Å². The highest BCUT2D eigenvalue weighted by atomic mass is 32.2. The van der Waals surface area contributed by atoms with Gasteiger partial charge in [-0.2, -0.15) is 0 Å². The van der Waals surface area contributed by atoms with E-state index in [2.05, 4.69) is 9.62 Å². The van der Waals surface area contributed by atoms with Gasteiger partial charge in [0.1, 0.15) is 5.75 Å². The Balaban J connectivity index is 1.83. The van der Waals surface area contributed by atoms with Crippen molar-refractivity contribution >= 4 is 10.0 Å². The fraction of sp³-hybridized carbons (Fsp3) is 0.368. The first-order chi connectivity index (χ1) is 12.1. The molecule has 2 aromatic carbocycles. The molecule has 6 heteroatoms. The van der Waals surface area contributed by atoms with Gasteiger partial charge in [-0.1, -0.05) is 36.4 Å². The van der Waals surface area contributed by atoms with Crippen LogP contribution in [0.2, 0.25) is 0 Å². The van der Waals surface area contributed by atoms with E-state index >= 15 is 0 Å². The summed E-state index contributed by atoms with van der Waals surface area (Å²) in [6.45, 7) is 2.25. The van der Waals surface area contributed by atoms with E-state index in [-0.39, 0.29) is 10.9 Å². The molecule has 0 unspecified atom stereocenters. The summed E-state index contributed by atoms with van der Waals surface area (Å²) >= 11 is 0. The van der Waals surface area contributed by atoms with Crippen molar-refractivity contribution in [2.75, 3.05) is 26.7 Å². The molecular weight excluding hydrogens is 336 g/mol. The van der Waals surface area contributed by atoms with E-state index in [1.165, 1.54) is 0 Å². The van der Waals surface area contributed by atoms with E-state index in [0.717, 1.165) is 37.2 Å². The van der Waals surface area contributed by atoms with E-state index in [1.54, 1.807) is 37.4 Å². The topological polar surface area (TPSA) is 58.6 Å². The third-order valence-electron chi connectivity index (χ3n) is 4.60. The number of benzene rings is 2. The Morgan fingerprint density at radius 3 is 2.36 bits per heavy atom. The first-order valence-electron chi connectivity index (χ1n) is 8.53. The lowest BCUT2D eigenvalue weighted by Gasteiger charge is -2.29. The summed E-state index contributed by atoms with van der Waals surface area (Å²) in [4.78, 5) is 2.61. The quantitative estimate of drug-likeness (QED) is 0.825. The van der Waals surface area contributed by atoms with Crippen molar-refractivity contribution in [1.29, 1.82) is 0 Å². The highest BCUT2D eigenvalue weighted by Crippen LogP contribution is 2.31. The zero-order valence-corrected chi connectivity index (χ0v) is 15.2. The zero-order valence-electron chi connectivity index (χ0n) is 14.4. The lowest BCUT2D eigenvalue weighted by atomic mass is 10.0. The molecule has 0 amide bonds. The van der Waals surface area contributed by atoms with Crippen molar-refractivity contribution in [3.63, 3.8) is 0 Å². The average molecular weight is 360 g/mol. The highest BCUT2D eigenvalue weighted by Gasteiger charge is 2.27. The number of hydrogen-bond donors (Lipinski definition) is 1. The minimum Gasteiger partial charge on any atom is -0.496 e. The van der Waals surface area contributed by atoms with Crippen LogP contribution >= 0.6 is 0 Å². The molecule has 134 valence electrons. The third kappa shape index (κ3) is 4.21. The van der Waals surface area contributed by atoms with Gasteiger partial charge in [0.15, 0.2) is 0 Å². The molecule has 3 rings (SSSR count). The molecule has 0 radical (unpaired) electrons. The predicted octanol–water partition coefficient (Wildman–Crippen LogP) is 2.81. The van der Waals surface area contributed by atoms with Gasteiger partial charge in [0.25, 0.3) is 0 Å². The van der Waals surface area contributed by atoms with Gasteiger partial charge < -0.3 is 4.74 Å². The number of methoxy groups -OCH3 is 1. The molecule has 1 atom stereocenters. The van der Waals surface area contributed by atoms with Crippen molar-refractivity contribution in [3.8, 4) is 5.75 Å². The van der Waals surface area contributed by atoms with E-state index in [9.17, 15) is 8.42 Å². The molecule has 1 heterocycles. The second-order valence-electron chi connectivity index (χ2n) is 6.17. The molecular formula is C19H24N2O3S. The number of likely N-dealkylation sites (tertiary alicyclic amines) is 1. The van der Waals surface area contributed by atoms with Crippen LogP contribution in [-0.4, -0.2) is 40.1 Å². The molecule has 0 aliphatic carbocycles. The van der Waals surface area contributed by atoms with Gasteiger partial charge in [0.2, 0.25) is 10.0 Å². The largest absolute Gasteiger partial charge is 0.496 e. The van der Waals surface area contributed by atoms with Gasteiger partial charge in [0, 0.05) is 12.1 Å². The van der Waals surface area contributed by atoms with E-state index in [4.69, 9.17) is 4.74 Å². The van der Waals surface area contributed by atoms with Crippen LogP contribution in [0.15, 0.2) is 59.5 Å². The fourth-order valence-electron chi connectivity index (χ4n) is 3.30. The van der Waals surface area contributed by atoms with Crippen LogP contribution in [0.3, 0.4) is 0 Å². The summed E-state index contributed by atoms with van der Waals surface area (Å²) in [5.41, 5.74) is 1.02. The maximum absolute atomic E-state index is 12.6. The SMILES string of the molecule is COc1ccccc1[C@@H](CNS(=O)(=O)c1ccccc1)N1CCCC1. The molecule has 1 saturated heterocycles. The Hall–Kier alpha value is -1.89. The van der Waals surface area contributed by atoms with Crippen molar-refractivity contribution < 1.29 is 13.2 Å². The molecule has 0 spiro atoms. The zero-order chi connectivity index (χ0) is 17.7. The number of nitrogens with zero attached hydrogens (tertiary/aromatic N) is 1. The number of hydrogen-bond acceptors (Lipinski definition) is 4. The number of para-hydroxylation sites is 1. The van der Waals surface area contributed by atoms with Crippen molar-refractivity contribution in [2.24, 2.45) is 0 Å². The van der Waals surface area contributed by atoms with Gasteiger partial charge in [-0.15, -0.1) is 0 Å². The van der Waals surface area contributed by atoms with Crippen LogP contribution in [0.1, 0.15) is 24.4 Å². The molecule has 5 nitrogen and oxygen atoms in total. The van der Waals surface area contributed by atoms with Gasteiger partial charge in [-0.3, -0.25) is 4.90 Å². The molecule has 0 aromatic heterocycles. The van der Waals surface area contributed by atoms with Crippen LogP contribution in [0.25, 0.3) is 0 Å². The van der Waals surface area contributed by atoms with Crippen molar-refractivity contribution in [2.45, 2.75) is 23.8 Å². The smallest absolute Gasteiger partial charge is 0.240 e. The van der Waals surface area contributed by atoms with Crippen molar-refractivity contribution in [3.05, 3.63) is 60.2 Å². The maximum atomic E-state index is 12.6. The summed E-state index contributed by atoms with van der Waals surface area (Å²) in [5, 5.41) is 0. The van der Waals surface area contributed by atoms with Gasteiger partial charge in [0.05, 0.1) is 18.0 Å². The van der Waals surface area contributed by atoms with E-state index in [1.807, 2.05) is 24.3 Å². The monoisotopic (exact) mass is 360 g/mol. The standard InChI is InChI=1S/C19H24N2O3S/c1-24-19-12-6-5-11-17(19)18(21-13-7-8-14-21)15-20-25(22,23)16-9-3-2-4-10-16/h2-6,9-12,18,20H,7-8,13-15H2,1H3/t18-/m1/s1. The Morgan fingerprint density at radius 1 is 1.04 bits per heavy atom. The lowest BCUT2D eigenvalue weighted by molar-refractivity contribution is 0.240. The van der Waals surface area contributed by atoms with E-state index in [0.29, 0.717) is 6.54 Å². The third-order valence-corrected chi connectivity index (χ3v) is 6.04. The first-order valence-corrected chi connectivity index (χ1v) is 10.0. The fourth-order valence-corrected chi connectivity index (χ4v) is 4.36. The first kappa shape index (κ1) is 17.9. The minimum atomic E-state index is -3.53. The van der Waals surface area contributed by atoms with Crippen molar-refractivity contribution in [1.82, 2.24) is 9.62 Å². The van der Waals surface area contributed by atoms with Crippen LogP contribution in [0.5, 0.6) is 5.75 Å². The Labute approximate surface area is 149 Å². The average Bonchev–Trinajstić information content (AvgIpc) is 3.17. The lowest BCUT2D eigenvalue weighted by Crippen LogP contribution is -2.37. The summed E-state index contributed by atoms with van der Waals surface area (Å²) < 4.78 is 33.4. The summed E-state index contributed by atoms with van der Waals surface area (Å²) in [6, 6.07) is 16.3. The summed E-state index contributed by atoms with van der Waals surface area (Å²) in [6.07, 6.45) is 2.27. The number of nitrogens with one attached hydrogen (secondary N) is 1. The van der Waals surface area contributed by atoms with Crippen LogP contribution in [0.4, 0.5) is 0 Å². The Kier molecular flexibility index (Phi) is 5.73. The van der Waals surface area contributed by atoms with Gasteiger partial charge in [-0.05, 0) is 44.1 Å². The molecule has 1 aliphatic heterocycles. The van der Waals surface area contributed by atoms with Crippen LogP contribution < -0.4 is 9.46 Å². The molecule has 1 fully saturated rings. The Bertz CT molecular complexity index is 787. The summed E-state index contributed by atoms with van der Waals surface area (Å²) in [5.74, 6) is 0.790. The normalized spacial score (nSPS) is 16.7. The highest BCUT2D eigenvalue weighted by molar-refractivity contribution is 7.89. The number of sulfonamides is 1. The number of rotatable bonds is 7. The van der Waals surface area contributed by atoms with Gasteiger partial charge in [-0.25, -0.2) is 13.1 Å². The second-order valence-corrected chi connectivity index (χ2v) is 7.93. The van der Waals surface area contributed by atoms with Crippen LogP contribution in [-0.2, 0) is 10.0 Å². The number of ether oxygens (including phenoxy) is 1. The molecule has 0 bridgehead atoms. The Morgan fingerprint density at radius 2 is 1.68 bits per heavy atom. The molecule has 0 saturated carbocycles. The molecule has 2 aromatic rings. The van der Waals surface area contributed by atoms with Gasteiger partial charge >= 0.3 is 0 Å². The molecule has 1 N–H and O–H groups in total.